The maximum Gasteiger partial charge on any atom is 0.414 e. The lowest BCUT2D eigenvalue weighted by Crippen LogP contribution is -2.31. The molecule has 0 aliphatic heterocycles. The van der Waals surface area contributed by atoms with E-state index in [4.69, 9.17) is 5.26 Å². The van der Waals surface area contributed by atoms with Crippen molar-refractivity contribution in [2.75, 3.05) is 23.9 Å². The Hall–Kier alpha value is -3.40. The first-order valence-corrected chi connectivity index (χ1v) is 7.40. The zero-order chi connectivity index (χ0) is 18.2. The highest BCUT2D eigenvalue weighted by atomic mass is 19.1. The normalized spacial score (nSPS) is 9.80. The highest BCUT2D eigenvalue weighted by Gasteiger charge is 2.15. The molecule has 2 aromatic carbocycles. The summed E-state index contributed by atoms with van der Waals surface area (Å²) in [4.78, 5) is 24.8. The fraction of sp³-hybridized carbons (Fsp3) is 0.167. The van der Waals surface area contributed by atoms with Crippen molar-refractivity contribution in [3.8, 4) is 6.07 Å². The van der Waals surface area contributed by atoms with E-state index in [2.05, 4.69) is 10.1 Å². The van der Waals surface area contributed by atoms with E-state index < -0.39 is 6.09 Å². The van der Waals surface area contributed by atoms with E-state index in [9.17, 15) is 14.0 Å². The van der Waals surface area contributed by atoms with E-state index in [0.29, 0.717) is 16.9 Å². The number of nitrogens with one attached hydrogen (secondary N) is 1. The van der Waals surface area contributed by atoms with E-state index in [1.165, 1.54) is 24.1 Å². The molecule has 0 saturated heterocycles. The van der Waals surface area contributed by atoms with Crippen LogP contribution in [0, 0.1) is 17.1 Å². The summed E-state index contributed by atoms with van der Waals surface area (Å²) in [7, 11) is 1.23. The SMILES string of the molecule is COC(=O)N(CC#N)c1ccc(NC(=O)Cc2ccc(F)cc2)cc1. The molecule has 2 rings (SSSR count). The van der Waals surface area contributed by atoms with Gasteiger partial charge in [-0.25, -0.2) is 9.18 Å². The van der Waals surface area contributed by atoms with Crippen LogP contribution < -0.4 is 10.2 Å². The molecule has 25 heavy (non-hydrogen) atoms. The van der Waals surface area contributed by atoms with Gasteiger partial charge in [-0.2, -0.15) is 5.26 Å². The fourth-order valence-corrected chi connectivity index (χ4v) is 2.16. The molecule has 2 amide bonds. The third kappa shape index (κ3) is 5.04. The van der Waals surface area contributed by atoms with E-state index in [1.807, 2.05) is 6.07 Å². The number of carbonyl (C=O) groups excluding carboxylic acids is 2. The second-order valence-electron chi connectivity index (χ2n) is 5.11. The number of amides is 2. The van der Waals surface area contributed by atoms with Crippen LogP contribution in [0.2, 0.25) is 0 Å². The Balaban J connectivity index is 2.01. The van der Waals surface area contributed by atoms with E-state index in [0.717, 1.165) is 0 Å². The van der Waals surface area contributed by atoms with Crippen LogP contribution in [-0.2, 0) is 16.0 Å². The Morgan fingerprint density at radius 1 is 1.16 bits per heavy atom. The van der Waals surface area contributed by atoms with Crippen molar-refractivity contribution in [1.82, 2.24) is 0 Å². The third-order valence-electron chi connectivity index (χ3n) is 3.36. The molecule has 0 atom stereocenters. The van der Waals surface area contributed by atoms with Crippen molar-refractivity contribution < 1.29 is 18.7 Å². The number of hydrogen-bond donors (Lipinski definition) is 1. The molecule has 0 heterocycles. The molecular formula is C18H16FN3O3. The lowest BCUT2D eigenvalue weighted by Gasteiger charge is -2.18. The summed E-state index contributed by atoms with van der Waals surface area (Å²) in [6, 6.07) is 14.0. The fourth-order valence-electron chi connectivity index (χ4n) is 2.16. The van der Waals surface area contributed by atoms with Crippen LogP contribution in [0.15, 0.2) is 48.5 Å². The number of ether oxygens (including phenoxy) is 1. The molecule has 1 N–H and O–H groups in total. The van der Waals surface area contributed by atoms with Crippen LogP contribution in [0.25, 0.3) is 0 Å². The Bertz CT molecular complexity index is 783. The summed E-state index contributed by atoms with van der Waals surface area (Å²) in [5.74, 6) is -0.603. The molecule has 0 fully saturated rings. The molecule has 0 radical (unpaired) electrons. The number of methoxy groups -OCH3 is 1. The quantitative estimate of drug-likeness (QED) is 0.847. The van der Waals surface area contributed by atoms with Crippen molar-refractivity contribution >= 4 is 23.4 Å². The molecule has 6 nitrogen and oxygen atoms in total. The molecule has 0 aliphatic carbocycles. The van der Waals surface area contributed by atoms with Gasteiger partial charge in [0.2, 0.25) is 5.91 Å². The average molecular weight is 341 g/mol. The number of benzene rings is 2. The second-order valence-corrected chi connectivity index (χ2v) is 5.11. The average Bonchev–Trinajstić information content (AvgIpc) is 2.62. The van der Waals surface area contributed by atoms with Gasteiger partial charge < -0.3 is 10.1 Å². The van der Waals surface area contributed by atoms with Crippen LogP contribution in [-0.4, -0.2) is 25.7 Å². The van der Waals surface area contributed by atoms with Crippen LogP contribution >= 0.6 is 0 Å². The number of rotatable bonds is 5. The Kier molecular flexibility index (Phi) is 6.07. The van der Waals surface area contributed by atoms with Crippen molar-refractivity contribution in [2.24, 2.45) is 0 Å². The van der Waals surface area contributed by atoms with Crippen molar-refractivity contribution in [2.45, 2.75) is 6.42 Å². The summed E-state index contributed by atoms with van der Waals surface area (Å²) >= 11 is 0. The first-order valence-electron chi connectivity index (χ1n) is 7.40. The van der Waals surface area contributed by atoms with Crippen LogP contribution in [0.4, 0.5) is 20.6 Å². The van der Waals surface area contributed by atoms with E-state index in [1.54, 1.807) is 36.4 Å². The zero-order valence-electron chi connectivity index (χ0n) is 13.5. The minimum atomic E-state index is -0.644. The van der Waals surface area contributed by atoms with Gasteiger partial charge >= 0.3 is 6.09 Å². The first-order chi connectivity index (χ1) is 12.0. The summed E-state index contributed by atoms with van der Waals surface area (Å²) in [6.45, 7) is -0.150. The third-order valence-corrected chi connectivity index (χ3v) is 3.36. The topological polar surface area (TPSA) is 82.4 Å². The minimum Gasteiger partial charge on any atom is -0.452 e. The number of hydrogen-bond acceptors (Lipinski definition) is 4. The van der Waals surface area contributed by atoms with Gasteiger partial charge in [0, 0.05) is 11.4 Å². The van der Waals surface area contributed by atoms with E-state index in [-0.39, 0.29) is 24.7 Å². The predicted octanol–water partition coefficient (Wildman–Crippen LogP) is 3.10. The van der Waals surface area contributed by atoms with Crippen molar-refractivity contribution in [3.05, 3.63) is 59.9 Å². The Labute approximate surface area is 144 Å². The van der Waals surface area contributed by atoms with E-state index >= 15 is 0 Å². The van der Waals surface area contributed by atoms with Gasteiger partial charge in [0.05, 0.1) is 19.6 Å². The van der Waals surface area contributed by atoms with Gasteiger partial charge in [-0.05, 0) is 42.0 Å². The standard InChI is InChI=1S/C18H16FN3O3/c1-25-18(24)22(11-10-20)16-8-6-15(7-9-16)21-17(23)12-13-2-4-14(19)5-3-13/h2-9H,11-12H2,1H3,(H,21,23). The van der Waals surface area contributed by atoms with Gasteiger partial charge in [0.15, 0.2) is 0 Å². The lowest BCUT2D eigenvalue weighted by atomic mass is 10.1. The minimum absolute atomic E-state index is 0.116. The highest BCUT2D eigenvalue weighted by Crippen LogP contribution is 2.19. The molecule has 7 heteroatoms. The van der Waals surface area contributed by atoms with Gasteiger partial charge in [-0.3, -0.25) is 9.69 Å². The first kappa shape index (κ1) is 17.9. The number of nitriles is 1. The molecule has 0 aliphatic rings. The van der Waals surface area contributed by atoms with Crippen LogP contribution in [0.3, 0.4) is 0 Å². The maximum absolute atomic E-state index is 12.9. The highest BCUT2D eigenvalue weighted by molar-refractivity contribution is 5.93. The number of nitrogens with zero attached hydrogens (tertiary/aromatic N) is 2. The molecule has 0 unspecified atom stereocenters. The van der Waals surface area contributed by atoms with Crippen LogP contribution in [0.1, 0.15) is 5.56 Å². The predicted molar refractivity (Wildman–Crippen MR) is 90.5 cm³/mol. The molecule has 2 aromatic rings. The summed E-state index contributed by atoms with van der Waals surface area (Å²) in [6.07, 6.45) is -0.528. The molecule has 0 bridgehead atoms. The van der Waals surface area contributed by atoms with Gasteiger partial charge in [0.25, 0.3) is 0 Å². The smallest absolute Gasteiger partial charge is 0.414 e. The largest absolute Gasteiger partial charge is 0.452 e. The Morgan fingerprint density at radius 2 is 1.80 bits per heavy atom. The lowest BCUT2D eigenvalue weighted by molar-refractivity contribution is -0.115. The monoisotopic (exact) mass is 341 g/mol. The zero-order valence-corrected chi connectivity index (χ0v) is 13.5. The van der Waals surface area contributed by atoms with Gasteiger partial charge in [0.1, 0.15) is 12.4 Å². The van der Waals surface area contributed by atoms with Crippen LogP contribution in [0.5, 0.6) is 0 Å². The Morgan fingerprint density at radius 3 is 2.36 bits per heavy atom. The summed E-state index contributed by atoms with van der Waals surface area (Å²) in [5.41, 5.74) is 1.71. The number of halogens is 1. The molecule has 0 saturated carbocycles. The van der Waals surface area contributed by atoms with Gasteiger partial charge in [-0.15, -0.1) is 0 Å². The second kappa shape index (κ2) is 8.45. The van der Waals surface area contributed by atoms with Crippen molar-refractivity contribution in [1.29, 1.82) is 5.26 Å². The van der Waals surface area contributed by atoms with Gasteiger partial charge in [-0.1, -0.05) is 12.1 Å². The summed E-state index contributed by atoms with van der Waals surface area (Å²) in [5, 5.41) is 11.5. The molecule has 0 aromatic heterocycles. The molecule has 128 valence electrons. The molecule has 0 spiro atoms. The van der Waals surface area contributed by atoms with Crippen molar-refractivity contribution in [3.63, 3.8) is 0 Å². The maximum atomic E-state index is 12.9. The summed E-state index contributed by atoms with van der Waals surface area (Å²) < 4.78 is 17.5. The number of carbonyl (C=O) groups is 2. The molecular weight excluding hydrogens is 325 g/mol. The number of anilines is 2.